The van der Waals surface area contributed by atoms with Crippen molar-refractivity contribution in [2.24, 2.45) is 0 Å². The summed E-state index contributed by atoms with van der Waals surface area (Å²) in [5, 5.41) is 10.2. The van der Waals surface area contributed by atoms with E-state index in [2.05, 4.69) is 48.0 Å². The molecule has 1 aliphatic heterocycles. The number of carbonyl (C=O) groups is 1. The fraction of sp³-hybridized carbons (Fsp3) is 0.267. The third-order valence-electron chi connectivity index (χ3n) is 6.65. The van der Waals surface area contributed by atoms with E-state index < -0.39 is 0 Å². The summed E-state index contributed by atoms with van der Waals surface area (Å²) in [6.45, 7) is 4.05. The zero-order chi connectivity index (χ0) is 24.4. The molecule has 0 bridgehead atoms. The van der Waals surface area contributed by atoms with Crippen LogP contribution in [0.4, 0.5) is 0 Å². The largest absolute Gasteiger partial charge is 0.496 e. The van der Waals surface area contributed by atoms with E-state index in [4.69, 9.17) is 4.74 Å². The topological polar surface area (TPSA) is 49.5 Å². The molecule has 1 aliphatic rings. The molecule has 4 aromatic rings. The van der Waals surface area contributed by atoms with Gasteiger partial charge in [-0.2, -0.15) is 0 Å². The minimum absolute atomic E-state index is 0.00660. The van der Waals surface area contributed by atoms with Crippen LogP contribution < -0.4 is 4.74 Å². The van der Waals surface area contributed by atoms with Gasteiger partial charge in [0.2, 0.25) is 0 Å². The van der Waals surface area contributed by atoms with Crippen LogP contribution in [0.2, 0.25) is 0 Å². The maximum atomic E-state index is 14.0. The van der Waals surface area contributed by atoms with Gasteiger partial charge in [-0.05, 0) is 48.2 Å². The number of aliphatic hydroxyl groups is 1. The van der Waals surface area contributed by atoms with Crippen molar-refractivity contribution in [3.8, 4) is 16.2 Å². The van der Waals surface area contributed by atoms with Crippen molar-refractivity contribution < 1.29 is 19.2 Å². The average Bonchev–Trinajstić information content (AvgIpc) is 3.52. The third-order valence-corrected chi connectivity index (χ3v) is 7.85. The van der Waals surface area contributed by atoms with E-state index in [0.717, 1.165) is 62.5 Å². The van der Waals surface area contributed by atoms with Crippen LogP contribution >= 0.6 is 11.3 Å². The Balaban J connectivity index is 1.57. The van der Waals surface area contributed by atoms with Gasteiger partial charge in [-0.15, -0.1) is 11.3 Å². The fourth-order valence-corrected chi connectivity index (χ4v) is 6.07. The lowest BCUT2D eigenvalue weighted by Crippen LogP contribution is -2.10. The molecule has 5 heteroatoms. The Labute approximate surface area is 210 Å². The molecule has 0 aliphatic carbocycles. The summed E-state index contributed by atoms with van der Waals surface area (Å²) in [5.41, 5.74) is 5.73. The number of fused-ring (bicyclic) bond motifs is 1. The first-order valence-electron chi connectivity index (χ1n) is 12.1. The standard InChI is InChI=1S/C30H30NO3S/c1-20-5-12-25-27(17-20)35-30(22-8-6-21(7-9-22)13-16-32)28(25)29(33)23-10-11-24(26(18-23)34-2)19-31-14-3-4-15-31/h5-12,14,17-18,32H,3-4,13,15-16,19H2,1-2H3/q+1. The summed E-state index contributed by atoms with van der Waals surface area (Å²) in [7, 11) is 1.67. The van der Waals surface area contributed by atoms with Gasteiger partial charge in [0, 0.05) is 45.5 Å². The first kappa shape index (κ1) is 23.5. The quantitative estimate of drug-likeness (QED) is 0.245. The summed E-state index contributed by atoms with van der Waals surface area (Å²) in [5.74, 6) is 0.758. The Morgan fingerprint density at radius 3 is 2.63 bits per heavy atom. The number of rotatable bonds is 8. The summed E-state index contributed by atoms with van der Waals surface area (Å²) < 4.78 is 9.13. The molecule has 0 atom stereocenters. The van der Waals surface area contributed by atoms with Crippen LogP contribution in [0.3, 0.4) is 0 Å². The third kappa shape index (κ3) is 4.79. The number of ether oxygens (including phenoxy) is 1. The Morgan fingerprint density at radius 2 is 1.91 bits per heavy atom. The normalized spacial score (nSPS) is 13.3. The van der Waals surface area contributed by atoms with Crippen molar-refractivity contribution in [3.05, 3.63) is 88.5 Å². The molecule has 4 nitrogen and oxygen atoms in total. The van der Waals surface area contributed by atoms with Gasteiger partial charge in [0.05, 0.1) is 12.7 Å². The highest BCUT2D eigenvalue weighted by molar-refractivity contribution is 7.22. The van der Waals surface area contributed by atoms with Gasteiger partial charge in [0.1, 0.15) is 18.5 Å². The molecule has 0 saturated carbocycles. The van der Waals surface area contributed by atoms with Gasteiger partial charge >= 0.3 is 0 Å². The highest BCUT2D eigenvalue weighted by Crippen LogP contribution is 2.40. The van der Waals surface area contributed by atoms with Crippen molar-refractivity contribution in [2.45, 2.75) is 32.7 Å². The van der Waals surface area contributed by atoms with Crippen LogP contribution in [0.15, 0.2) is 60.7 Å². The SMILES string of the molecule is COc1cc(C(=O)c2c(-c3ccc(CCO)cc3)sc3cc(C)ccc23)ccc1C[N+]1=CCCC1. The molecule has 0 saturated heterocycles. The van der Waals surface area contributed by atoms with Crippen molar-refractivity contribution in [1.82, 2.24) is 0 Å². The second-order valence-corrected chi connectivity index (χ2v) is 10.2. The van der Waals surface area contributed by atoms with Gasteiger partial charge in [-0.3, -0.25) is 4.79 Å². The Bertz CT molecular complexity index is 1420. The number of carbonyl (C=O) groups excluding carboxylic acids is 1. The summed E-state index contributed by atoms with van der Waals surface area (Å²) >= 11 is 1.66. The van der Waals surface area contributed by atoms with Crippen molar-refractivity contribution >= 4 is 33.4 Å². The Hall–Kier alpha value is -3.28. The molecule has 0 unspecified atom stereocenters. The second-order valence-electron chi connectivity index (χ2n) is 9.13. The average molecular weight is 485 g/mol. The summed E-state index contributed by atoms with van der Waals surface area (Å²) in [6.07, 6.45) is 5.18. The molecule has 0 fully saturated rings. The predicted molar refractivity (Wildman–Crippen MR) is 143 cm³/mol. The number of ketones is 1. The lowest BCUT2D eigenvalue weighted by Gasteiger charge is -2.10. The minimum Gasteiger partial charge on any atom is -0.496 e. The number of benzene rings is 3. The number of hydrogen-bond donors (Lipinski definition) is 1. The second kappa shape index (κ2) is 10.1. The molecule has 0 spiro atoms. The highest BCUT2D eigenvalue weighted by Gasteiger charge is 2.23. The number of aliphatic hydroxyl groups excluding tert-OH is 1. The molecule has 1 N–H and O–H groups in total. The lowest BCUT2D eigenvalue weighted by atomic mass is 9.96. The van der Waals surface area contributed by atoms with E-state index in [9.17, 15) is 9.90 Å². The van der Waals surface area contributed by atoms with Crippen LogP contribution in [-0.2, 0) is 13.0 Å². The van der Waals surface area contributed by atoms with Gasteiger partial charge in [0.15, 0.2) is 12.3 Å². The van der Waals surface area contributed by atoms with Crippen molar-refractivity contribution in [1.29, 1.82) is 0 Å². The van der Waals surface area contributed by atoms with E-state index in [-0.39, 0.29) is 12.4 Å². The number of methoxy groups -OCH3 is 1. The maximum Gasteiger partial charge on any atom is 0.195 e. The number of nitrogens with zero attached hydrogens (tertiary/aromatic N) is 1. The molecular weight excluding hydrogens is 454 g/mol. The zero-order valence-electron chi connectivity index (χ0n) is 20.2. The molecule has 0 radical (unpaired) electrons. The van der Waals surface area contributed by atoms with Crippen LogP contribution in [0.1, 0.15) is 45.5 Å². The van der Waals surface area contributed by atoms with Gasteiger partial charge in [-0.1, -0.05) is 42.5 Å². The van der Waals surface area contributed by atoms with Crippen LogP contribution in [0, 0.1) is 6.92 Å². The smallest absolute Gasteiger partial charge is 0.195 e. The maximum absolute atomic E-state index is 14.0. The number of hydrogen-bond acceptors (Lipinski definition) is 4. The minimum atomic E-state index is 0.00660. The van der Waals surface area contributed by atoms with E-state index in [1.165, 1.54) is 12.0 Å². The molecule has 1 aromatic heterocycles. The number of aryl methyl sites for hydroxylation is 1. The fourth-order valence-electron chi connectivity index (χ4n) is 4.77. The van der Waals surface area contributed by atoms with Gasteiger partial charge in [0.25, 0.3) is 0 Å². The molecule has 2 heterocycles. The Kier molecular flexibility index (Phi) is 6.80. The lowest BCUT2D eigenvalue weighted by molar-refractivity contribution is -0.532. The zero-order valence-corrected chi connectivity index (χ0v) is 21.0. The first-order valence-corrected chi connectivity index (χ1v) is 12.9. The number of thiophene rings is 1. The predicted octanol–water partition coefficient (Wildman–Crippen LogP) is 6.03. The van der Waals surface area contributed by atoms with E-state index in [0.29, 0.717) is 12.0 Å². The van der Waals surface area contributed by atoms with Crippen LogP contribution in [0.25, 0.3) is 20.5 Å². The highest BCUT2D eigenvalue weighted by atomic mass is 32.1. The summed E-state index contributed by atoms with van der Waals surface area (Å²) in [6, 6.07) is 20.3. The monoisotopic (exact) mass is 484 g/mol. The Morgan fingerprint density at radius 1 is 1.09 bits per heavy atom. The van der Waals surface area contributed by atoms with E-state index in [1.54, 1.807) is 18.4 Å². The van der Waals surface area contributed by atoms with Crippen LogP contribution in [-0.4, -0.2) is 41.9 Å². The van der Waals surface area contributed by atoms with Crippen molar-refractivity contribution in [3.63, 3.8) is 0 Å². The van der Waals surface area contributed by atoms with Gasteiger partial charge in [-0.25, -0.2) is 4.58 Å². The molecule has 3 aromatic carbocycles. The summed E-state index contributed by atoms with van der Waals surface area (Å²) in [4.78, 5) is 15.0. The molecule has 5 rings (SSSR count). The molecule has 178 valence electrons. The van der Waals surface area contributed by atoms with Gasteiger partial charge < -0.3 is 9.84 Å². The first-order chi connectivity index (χ1) is 17.1. The van der Waals surface area contributed by atoms with E-state index >= 15 is 0 Å². The van der Waals surface area contributed by atoms with E-state index in [1.807, 2.05) is 30.3 Å². The molecule has 35 heavy (non-hydrogen) atoms. The van der Waals surface area contributed by atoms with Crippen LogP contribution in [0.5, 0.6) is 5.75 Å². The molecular formula is C30H30NO3S+. The van der Waals surface area contributed by atoms with Crippen molar-refractivity contribution in [2.75, 3.05) is 20.3 Å². The molecule has 0 amide bonds.